The van der Waals surface area contributed by atoms with Crippen LogP contribution < -0.4 is 11.1 Å². The molecule has 0 aliphatic carbocycles. The maximum absolute atomic E-state index is 14.0. The number of ether oxygens (including phenoxy) is 1. The van der Waals surface area contributed by atoms with Crippen LogP contribution in [0.5, 0.6) is 5.75 Å². The number of benzene rings is 2. The highest BCUT2D eigenvalue weighted by Gasteiger charge is 2.31. The lowest BCUT2D eigenvalue weighted by Gasteiger charge is -2.16. The van der Waals surface area contributed by atoms with Crippen molar-refractivity contribution in [2.24, 2.45) is 5.73 Å². The molecule has 0 bridgehead atoms. The Morgan fingerprint density at radius 2 is 1.81 bits per heavy atom. The van der Waals surface area contributed by atoms with Gasteiger partial charge in [0, 0.05) is 18.7 Å². The highest BCUT2D eigenvalue weighted by Crippen LogP contribution is 2.28. The Labute approximate surface area is 181 Å². The van der Waals surface area contributed by atoms with Crippen molar-refractivity contribution in [3.05, 3.63) is 65.2 Å². The van der Waals surface area contributed by atoms with E-state index in [1.54, 1.807) is 18.2 Å². The average Bonchev–Trinajstić information content (AvgIpc) is 2.75. The van der Waals surface area contributed by atoms with E-state index in [9.17, 15) is 23.8 Å². The number of nitrogens with two attached hydrogens (primary N) is 1. The molecule has 0 fully saturated rings. The number of phenols is 1. The van der Waals surface area contributed by atoms with E-state index in [4.69, 9.17) is 10.5 Å². The van der Waals surface area contributed by atoms with Crippen LogP contribution in [0, 0.1) is 0 Å². The Balaban J connectivity index is 1.53. The lowest BCUT2D eigenvalue weighted by molar-refractivity contribution is -0.0831. The molecule has 0 saturated heterocycles. The first-order chi connectivity index (χ1) is 14.8. The van der Waals surface area contributed by atoms with E-state index in [2.05, 4.69) is 5.32 Å². The zero-order chi connectivity index (χ0) is 22.7. The molecule has 1 atom stereocenters. The fourth-order valence-electron chi connectivity index (χ4n) is 3.09. The highest BCUT2D eigenvalue weighted by molar-refractivity contribution is 5.95. The van der Waals surface area contributed by atoms with Gasteiger partial charge in [0.25, 0.3) is 11.8 Å². The molecule has 2 aromatic carbocycles. The van der Waals surface area contributed by atoms with Gasteiger partial charge in [0.2, 0.25) is 0 Å². The summed E-state index contributed by atoms with van der Waals surface area (Å²) in [6, 6.07) is 11.9. The number of rotatable bonds is 14. The molecule has 6 nitrogen and oxygen atoms in total. The van der Waals surface area contributed by atoms with Crippen molar-refractivity contribution in [1.29, 1.82) is 0 Å². The van der Waals surface area contributed by atoms with Gasteiger partial charge in [-0.15, -0.1) is 0 Å². The lowest BCUT2D eigenvalue weighted by Crippen LogP contribution is -2.23. The first kappa shape index (κ1) is 24.7. The quantitative estimate of drug-likeness (QED) is 0.340. The van der Waals surface area contributed by atoms with Gasteiger partial charge >= 0.3 is 0 Å². The molecule has 0 spiro atoms. The molecule has 5 N–H and O–H groups in total. The van der Waals surface area contributed by atoms with Crippen molar-refractivity contribution in [3.63, 3.8) is 0 Å². The smallest absolute Gasteiger partial charge is 0.296 e. The standard InChI is InChI=1S/C23H30F2N2O4/c24-23(25,18-8-4-3-5-9-18)16-31-13-7-2-1-6-12-27-15-21(29)17-10-11-20(28)19(14-17)22(26)30/h3-5,8-11,14,21,27-29H,1-2,6-7,12-13,15-16H2,(H2,26,30)/t21-/m0/s1. The van der Waals surface area contributed by atoms with Crippen LogP contribution in [0.2, 0.25) is 0 Å². The summed E-state index contributed by atoms with van der Waals surface area (Å²) in [5.74, 6) is -3.96. The van der Waals surface area contributed by atoms with E-state index in [0.717, 1.165) is 19.3 Å². The summed E-state index contributed by atoms with van der Waals surface area (Å²) >= 11 is 0. The number of primary amides is 1. The molecule has 0 saturated carbocycles. The van der Waals surface area contributed by atoms with Gasteiger partial charge in [0.1, 0.15) is 12.4 Å². The SMILES string of the molecule is NC(=O)c1cc([C@@H](O)CNCCCCCCOCC(F)(F)c2ccccc2)ccc1O. The summed E-state index contributed by atoms with van der Waals surface area (Å²) in [4.78, 5) is 11.3. The molecule has 8 heteroatoms. The monoisotopic (exact) mass is 436 g/mol. The molecule has 1 amide bonds. The zero-order valence-electron chi connectivity index (χ0n) is 17.4. The van der Waals surface area contributed by atoms with Crippen LogP contribution in [-0.2, 0) is 10.7 Å². The minimum absolute atomic E-state index is 0.0275. The minimum Gasteiger partial charge on any atom is -0.507 e. The van der Waals surface area contributed by atoms with Crippen molar-refractivity contribution in [3.8, 4) is 5.75 Å². The molecule has 0 heterocycles. The Morgan fingerprint density at radius 3 is 2.52 bits per heavy atom. The molecule has 0 unspecified atom stereocenters. The number of nitrogens with one attached hydrogen (secondary N) is 1. The summed E-state index contributed by atoms with van der Waals surface area (Å²) in [5, 5.41) is 22.9. The molecule has 31 heavy (non-hydrogen) atoms. The third kappa shape index (κ3) is 8.24. The van der Waals surface area contributed by atoms with E-state index in [0.29, 0.717) is 25.1 Å². The number of carbonyl (C=O) groups excluding carboxylic acids is 1. The van der Waals surface area contributed by atoms with Gasteiger partial charge in [-0.2, -0.15) is 8.78 Å². The van der Waals surface area contributed by atoms with Crippen LogP contribution in [0.3, 0.4) is 0 Å². The van der Waals surface area contributed by atoms with Gasteiger partial charge in [0.15, 0.2) is 0 Å². The number of unbranched alkanes of at least 4 members (excludes halogenated alkanes) is 3. The number of aliphatic hydroxyl groups excluding tert-OH is 1. The Bertz CT molecular complexity index is 818. The largest absolute Gasteiger partial charge is 0.507 e. The van der Waals surface area contributed by atoms with Crippen LogP contribution in [0.25, 0.3) is 0 Å². The van der Waals surface area contributed by atoms with Gasteiger partial charge in [0.05, 0.1) is 11.7 Å². The van der Waals surface area contributed by atoms with Crippen LogP contribution >= 0.6 is 0 Å². The van der Waals surface area contributed by atoms with Crippen LogP contribution in [0.4, 0.5) is 8.78 Å². The fourth-order valence-corrected chi connectivity index (χ4v) is 3.09. The second-order valence-corrected chi connectivity index (χ2v) is 7.40. The molecular weight excluding hydrogens is 406 g/mol. The first-order valence-corrected chi connectivity index (χ1v) is 10.3. The van der Waals surface area contributed by atoms with E-state index >= 15 is 0 Å². The number of hydrogen-bond acceptors (Lipinski definition) is 5. The van der Waals surface area contributed by atoms with Crippen LogP contribution in [-0.4, -0.2) is 42.4 Å². The van der Waals surface area contributed by atoms with Crippen molar-refractivity contribution in [2.45, 2.75) is 37.7 Å². The summed E-state index contributed by atoms with van der Waals surface area (Å²) < 4.78 is 33.0. The van der Waals surface area contributed by atoms with Crippen molar-refractivity contribution in [1.82, 2.24) is 5.32 Å². The molecule has 170 valence electrons. The van der Waals surface area contributed by atoms with E-state index < -0.39 is 24.5 Å². The number of amides is 1. The molecule has 0 radical (unpaired) electrons. The summed E-state index contributed by atoms with van der Waals surface area (Å²) in [6.45, 7) is 0.647. The minimum atomic E-state index is -2.98. The van der Waals surface area contributed by atoms with Gasteiger partial charge in [-0.1, -0.05) is 49.2 Å². The van der Waals surface area contributed by atoms with Gasteiger partial charge in [-0.05, 0) is 37.1 Å². The number of aromatic hydroxyl groups is 1. The van der Waals surface area contributed by atoms with E-state index in [1.807, 2.05) is 0 Å². The second kappa shape index (κ2) is 12.3. The van der Waals surface area contributed by atoms with Crippen molar-refractivity contribution < 1.29 is 28.5 Å². The normalized spacial score (nSPS) is 12.6. The number of aliphatic hydroxyl groups is 1. The van der Waals surface area contributed by atoms with Crippen LogP contribution in [0.1, 0.15) is 53.3 Å². The Kier molecular flexibility index (Phi) is 9.84. The zero-order valence-corrected chi connectivity index (χ0v) is 17.4. The maximum atomic E-state index is 14.0. The third-order valence-electron chi connectivity index (χ3n) is 4.88. The molecule has 0 aliphatic heterocycles. The lowest BCUT2D eigenvalue weighted by atomic mass is 10.0. The van der Waals surface area contributed by atoms with E-state index in [1.165, 1.54) is 30.3 Å². The van der Waals surface area contributed by atoms with Gasteiger partial charge in [-0.3, -0.25) is 4.79 Å². The van der Waals surface area contributed by atoms with E-state index in [-0.39, 0.29) is 23.5 Å². The molecule has 2 rings (SSSR count). The van der Waals surface area contributed by atoms with Crippen molar-refractivity contribution >= 4 is 5.91 Å². The molecule has 2 aromatic rings. The second-order valence-electron chi connectivity index (χ2n) is 7.40. The Hall–Kier alpha value is -2.55. The molecular formula is C23H30F2N2O4. The topological polar surface area (TPSA) is 105 Å². The number of halogens is 2. The number of alkyl halides is 2. The summed E-state index contributed by atoms with van der Waals surface area (Å²) in [6.07, 6.45) is 2.51. The third-order valence-corrected chi connectivity index (χ3v) is 4.88. The number of carbonyl (C=O) groups is 1. The molecule has 0 aliphatic rings. The highest BCUT2D eigenvalue weighted by atomic mass is 19.3. The van der Waals surface area contributed by atoms with Crippen molar-refractivity contribution in [2.75, 3.05) is 26.3 Å². The number of hydrogen-bond donors (Lipinski definition) is 4. The first-order valence-electron chi connectivity index (χ1n) is 10.3. The van der Waals surface area contributed by atoms with Gasteiger partial charge < -0.3 is 26.0 Å². The summed E-state index contributed by atoms with van der Waals surface area (Å²) in [5.41, 5.74) is 5.61. The predicted octanol–water partition coefficient (Wildman–Crippen LogP) is 3.48. The predicted molar refractivity (Wildman–Crippen MR) is 114 cm³/mol. The maximum Gasteiger partial charge on any atom is 0.296 e. The van der Waals surface area contributed by atoms with Gasteiger partial charge in [-0.25, -0.2) is 0 Å². The van der Waals surface area contributed by atoms with Crippen LogP contribution in [0.15, 0.2) is 48.5 Å². The fraction of sp³-hybridized carbons (Fsp3) is 0.435. The summed E-state index contributed by atoms with van der Waals surface area (Å²) in [7, 11) is 0. The molecule has 0 aromatic heterocycles. The average molecular weight is 436 g/mol. The Morgan fingerprint density at radius 1 is 1.10 bits per heavy atom.